The predicted octanol–water partition coefficient (Wildman–Crippen LogP) is 1.08. The first-order valence-electron chi connectivity index (χ1n) is 9.10. The van der Waals surface area contributed by atoms with Gasteiger partial charge >= 0.3 is 6.09 Å². The number of hydrogen-bond donors (Lipinski definition) is 0. The summed E-state index contributed by atoms with van der Waals surface area (Å²) in [5.74, 6) is 0.0492. The lowest BCUT2D eigenvalue weighted by molar-refractivity contribution is -0.134. The Bertz CT molecular complexity index is 496. The lowest BCUT2D eigenvalue weighted by Gasteiger charge is -2.36. The van der Waals surface area contributed by atoms with E-state index in [1.165, 1.54) is 0 Å². The van der Waals surface area contributed by atoms with Crippen LogP contribution in [0.4, 0.5) is 4.79 Å². The predicted molar refractivity (Wildman–Crippen MR) is 87.3 cm³/mol. The Morgan fingerprint density at radius 1 is 1.08 bits per heavy atom. The molecular formula is C17H27N3O4. The van der Waals surface area contributed by atoms with Gasteiger partial charge in [-0.2, -0.15) is 0 Å². The molecule has 134 valence electrons. The van der Waals surface area contributed by atoms with Gasteiger partial charge in [0.05, 0.1) is 12.5 Å². The second kappa shape index (κ2) is 7.40. The van der Waals surface area contributed by atoms with E-state index in [9.17, 15) is 14.4 Å². The van der Waals surface area contributed by atoms with Crippen molar-refractivity contribution >= 4 is 17.9 Å². The molecule has 0 aliphatic carbocycles. The van der Waals surface area contributed by atoms with E-state index >= 15 is 0 Å². The largest absolute Gasteiger partial charge is 0.450 e. The number of ether oxygens (including phenoxy) is 1. The molecular weight excluding hydrogens is 310 g/mol. The Labute approximate surface area is 142 Å². The summed E-state index contributed by atoms with van der Waals surface area (Å²) in [6, 6.07) is 0.138. The maximum absolute atomic E-state index is 12.5. The average molecular weight is 337 g/mol. The molecule has 3 amide bonds. The van der Waals surface area contributed by atoms with Gasteiger partial charge in [-0.15, -0.1) is 0 Å². The van der Waals surface area contributed by atoms with Crippen LogP contribution in [0.5, 0.6) is 0 Å². The first-order valence-corrected chi connectivity index (χ1v) is 9.10. The van der Waals surface area contributed by atoms with Gasteiger partial charge in [-0.1, -0.05) is 0 Å². The number of rotatable bonds is 3. The minimum absolute atomic E-state index is 0.0853. The maximum Gasteiger partial charge on any atom is 0.409 e. The van der Waals surface area contributed by atoms with Crippen molar-refractivity contribution in [1.29, 1.82) is 0 Å². The van der Waals surface area contributed by atoms with E-state index in [-0.39, 0.29) is 29.9 Å². The Morgan fingerprint density at radius 3 is 2.38 bits per heavy atom. The minimum Gasteiger partial charge on any atom is -0.450 e. The van der Waals surface area contributed by atoms with Gasteiger partial charge in [0.15, 0.2) is 0 Å². The van der Waals surface area contributed by atoms with Gasteiger partial charge in [0.25, 0.3) is 0 Å². The van der Waals surface area contributed by atoms with Crippen LogP contribution in [0.2, 0.25) is 0 Å². The van der Waals surface area contributed by atoms with Crippen molar-refractivity contribution in [3.05, 3.63) is 0 Å². The fraction of sp³-hybridized carbons (Fsp3) is 0.824. The molecule has 3 aliphatic rings. The fourth-order valence-electron chi connectivity index (χ4n) is 4.02. The zero-order valence-corrected chi connectivity index (χ0v) is 14.4. The number of likely N-dealkylation sites (tertiary alicyclic amines) is 3. The molecule has 0 aromatic carbocycles. The van der Waals surface area contributed by atoms with Gasteiger partial charge in [-0.3, -0.25) is 9.59 Å². The molecule has 3 fully saturated rings. The highest BCUT2D eigenvalue weighted by Gasteiger charge is 2.41. The summed E-state index contributed by atoms with van der Waals surface area (Å²) in [6.07, 6.45) is 3.73. The Hall–Kier alpha value is -1.79. The quantitative estimate of drug-likeness (QED) is 0.773. The van der Waals surface area contributed by atoms with Crippen LogP contribution < -0.4 is 0 Å². The minimum atomic E-state index is -0.272. The molecule has 1 atom stereocenters. The van der Waals surface area contributed by atoms with E-state index < -0.39 is 0 Å². The van der Waals surface area contributed by atoms with Gasteiger partial charge in [0.2, 0.25) is 11.8 Å². The molecule has 0 radical (unpaired) electrons. The summed E-state index contributed by atoms with van der Waals surface area (Å²) in [4.78, 5) is 42.1. The third kappa shape index (κ3) is 3.49. The highest BCUT2D eigenvalue weighted by atomic mass is 16.6. The molecule has 0 bridgehead atoms. The second-order valence-corrected chi connectivity index (χ2v) is 6.90. The lowest BCUT2D eigenvalue weighted by Crippen LogP contribution is -2.47. The molecule has 3 aliphatic heterocycles. The molecule has 0 saturated carbocycles. The van der Waals surface area contributed by atoms with Gasteiger partial charge in [-0.05, 0) is 32.6 Å². The van der Waals surface area contributed by atoms with Crippen LogP contribution in [-0.2, 0) is 14.3 Å². The number of hydrogen-bond acceptors (Lipinski definition) is 4. The average Bonchev–Trinajstić information content (AvgIpc) is 3.24. The molecule has 0 aromatic heterocycles. The van der Waals surface area contributed by atoms with E-state index in [0.29, 0.717) is 32.7 Å². The molecule has 0 N–H and O–H groups in total. The number of piperidine rings is 1. The number of amides is 3. The second-order valence-electron chi connectivity index (χ2n) is 6.90. The van der Waals surface area contributed by atoms with E-state index in [4.69, 9.17) is 4.74 Å². The summed E-state index contributed by atoms with van der Waals surface area (Å²) in [6.45, 7) is 5.60. The summed E-state index contributed by atoms with van der Waals surface area (Å²) in [5, 5.41) is 0. The monoisotopic (exact) mass is 337 g/mol. The summed E-state index contributed by atoms with van der Waals surface area (Å²) >= 11 is 0. The zero-order chi connectivity index (χ0) is 17.1. The SMILES string of the molecule is CCOC(=O)N1CCC(N2CC(C(=O)N3CCCC3)CC2=O)CC1. The van der Waals surface area contributed by atoms with E-state index in [1.807, 2.05) is 9.80 Å². The first-order chi connectivity index (χ1) is 11.6. The smallest absolute Gasteiger partial charge is 0.409 e. The highest BCUT2D eigenvalue weighted by molar-refractivity contribution is 5.89. The molecule has 7 nitrogen and oxygen atoms in total. The van der Waals surface area contributed by atoms with Crippen LogP contribution in [-0.4, -0.2) is 78.0 Å². The third-order valence-electron chi connectivity index (χ3n) is 5.36. The molecule has 3 heterocycles. The standard InChI is InChI=1S/C17H27N3O4/c1-2-24-17(23)19-9-5-14(6-10-19)20-12-13(11-15(20)21)16(22)18-7-3-4-8-18/h13-14H,2-12H2,1H3. The van der Waals surface area contributed by atoms with Gasteiger partial charge in [0.1, 0.15) is 0 Å². The van der Waals surface area contributed by atoms with E-state index in [2.05, 4.69) is 0 Å². The number of carbonyl (C=O) groups excluding carboxylic acids is 3. The van der Waals surface area contributed by atoms with Crippen LogP contribution in [0, 0.1) is 5.92 Å². The molecule has 7 heteroatoms. The Balaban J connectivity index is 1.52. The molecule has 24 heavy (non-hydrogen) atoms. The van der Waals surface area contributed by atoms with Crippen LogP contribution >= 0.6 is 0 Å². The first kappa shape index (κ1) is 17.0. The number of nitrogens with zero attached hydrogens (tertiary/aromatic N) is 3. The number of carbonyl (C=O) groups is 3. The Kier molecular flexibility index (Phi) is 5.26. The van der Waals surface area contributed by atoms with Crippen LogP contribution in [0.1, 0.15) is 39.0 Å². The van der Waals surface area contributed by atoms with Gasteiger partial charge < -0.3 is 19.4 Å². The molecule has 0 spiro atoms. The fourth-order valence-corrected chi connectivity index (χ4v) is 4.02. The van der Waals surface area contributed by atoms with E-state index in [1.54, 1.807) is 11.8 Å². The Morgan fingerprint density at radius 2 is 1.75 bits per heavy atom. The summed E-state index contributed by atoms with van der Waals surface area (Å²) in [5.41, 5.74) is 0. The maximum atomic E-state index is 12.5. The van der Waals surface area contributed by atoms with Gasteiger partial charge in [0, 0.05) is 45.2 Å². The van der Waals surface area contributed by atoms with Crippen molar-refractivity contribution in [2.45, 2.75) is 45.1 Å². The van der Waals surface area contributed by atoms with Crippen molar-refractivity contribution in [3.63, 3.8) is 0 Å². The van der Waals surface area contributed by atoms with Crippen LogP contribution in [0.25, 0.3) is 0 Å². The van der Waals surface area contributed by atoms with Gasteiger partial charge in [-0.25, -0.2) is 4.79 Å². The zero-order valence-electron chi connectivity index (χ0n) is 14.4. The van der Waals surface area contributed by atoms with Crippen molar-refractivity contribution in [3.8, 4) is 0 Å². The third-order valence-corrected chi connectivity index (χ3v) is 5.36. The molecule has 3 rings (SSSR count). The molecule has 1 unspecified atom stereocenters. The van der Waals surface area contributed by atoms with Crippen molar-refractivity contribution in [2.24, 2.45) is 5.92 Å². The summed E-state index contributed by atoms with van der Waals surface area (Å²) < 4.78 is 5.02. The highest BCUT2D eigenvalue weighted by Crippen LogP contribution is 2.27. The molecule has 0 aromatic rings. The summed E-state index contributed by atoms with van der Waals surface area (Å²) in [7, 11) is 0. The van der Waals surface area contributed by atoms with Crippen molar-refractivity contribution < 1.29 is 19.1 Å². The normalized spacial score (nSPS) is 25.5. The topological polar surface area (TPSA) is 70.2 Å². The lowest BCUT2D eigenvalue weighted by atomic mass is 10.0. The van der Waals surface area contributed by atoms with Crippen molar-refractivity contribution in [1.82, 2.24) is 14.7 Å². The van der Waals surface area contributed by atoms with Crippen LogP contribution in [0.3, 0.4) is 0 Å². The van der Waals surface area contributed by atoms with Crippen molar-refractivity contribution in [2.75, 3.05) is 39.3 Å². The molecule has 3 saturated heterocycles. The van der Waals surface area contributed by atoms with E-state index in [0.717, 1.165) is 38.8 Å². The van der Waals surface area contributed by atoms with Crippen LogP contribution in [0.15, 0.2) is 0 Å².